The fraction of sp³-hybridized carbons (Fsp3) is 0.269. The van der Waals surface area contributed by atoms with Crippen molar-refractivity contribution in [3.8, 4) is 5.00 Å². The molecule has 1 unspecified atom stereocenters. The largest absolute Gasteiger partial charge is 0.323 e. The fourth-order valence-electron chi connectivity index (χ4n) is 4.97. The Morgan fingerprint density at radius 2 is 1.88 bits per heavy atom. The molecule has 0 saturated carbocycles. The van der Waals surface area contributed by atoms with E-state index in [1.54, 1.807) is 11.3 Å². The van der Waals surface area contributed by atoms with E-state index in [0.717, 1.165) is 24.2 Å². The summed E-state index contributed by atoms with van der Waals surface area (Å²) in [7, 11) is 0. The highest BCUT2D eigenvalue weighted by Gasteiger charge is 2.36. The second kappa shape index (κ2) is 7.94. The van der Waals surface area contributed by atoms with Crippen molar-refractivity contribution in [2.75, 3.05) is 5.32 Å². The maximum Gasteiger partial charge on any atom is 0.323 e. The summed E-state index contributed by atoms with van der Waals surface area (Å²) < 4.78 is 2.34. The summed E-state index contributed by atoms with van der Waals surface area (Å²) in [5.74, 6) is 0. The Morgan fingerprint density at radius 1 is 1.03 bits per heavy atom. The van der Waals surface area contributed by atoms with Gasteiger partial charge in [-0.1, -0.05) is 23.8 Å². The Balaban J connectivity index is 1.48. The van der Waals surface area contributed by atoms with E-state index in [1.807, 2.05) is 40.5 Å². The van der Waals surface area contributed by atoms with Gasteiger partial charge in [0.05, 0.1) is 12.2 Å². The minimum absolute atomic E-state index is 0.0522. The van der Waals surface area contributed by atoms with Crippen LogP contribution in [0.25, 0.3) is 5.00 Å². The van der Waals surface area contributed by atoms with E-state index in [0.29, 0.717) is 6.54 Å². The third-order valence-electron chi connectivity index (χ3n) is 6.56. The Hall–Kier alpha value is -2.83. The van der Waals surface area contributed by atoms with Crippen LogP contribution < -0.4 is 5.32 Å². The molecule has 4 aromatic rings. The van der Waals surface area contributed by atoms with Crippen LogP contribution in [-0.2, 0) is 19.4 Å². The van der Waals surface area contributed by atoms with Crippen molar-refractivity contribution < 1.29 is 4.79 Å². The molecule has 4 nitrogen and oxygen atoms in total. The van der Waals surface area contributed by atoms with Crippen molar-refractivity contribution in [1.82, 2.24) is 9.47 Å². The number of urea groups is 1. The lowest BCUT2D eigenvalue weighted by Gasteiger charge is -2.30. The number of aromatic nitrogens is 1. The number of thiophene rings is 2. The molecule has 1 atom stereocenters. The van der Waals surface area contributed by atoms with Gasteiger partial charge < -0.3 is 14.8 Å². The van der Waals surface area contributed by atoms with Gasteiger partial charge in [0, 0.05) is 27.2 Å². The highest BCUT2D eigenvalue weighted by atomic mass is 32.1. The number of carbonyl (C=O) groups excluding carboxylic acids is 1. The van der Waals surface area contributed by atoms with Crippen LogP contribution in [0.1, 0.15) is 51.0 Å². The number of benzene rings is 1. The van der Waals surface area contributed by atoms with Crippen molar-refractivity contribution in [2.45, 2.75) is 45.2 Å². The molecule has 3 aromatic heterocycles. The Kier molecular flexibility index (Phi) is 4.92. The van der Waals surface area contributed by atoms with Crippen LogP contribution >= 0.6 is 22.7 Å². The molecule has 0 fully saturated rings. The second-order valence-electron chi connectivity index (χ2n) is 8.64. The molecule has 1 aliphatic heterocycles. The number of rotatable bonds is 2. The molecular weight excluding hydrogens is 434 g/mol. The van der Waals surface area contributed by atoms with Crippen molar-refractivity contribution in [3.05, 3.63) is 92.2 Å². The summed E-state index contributed by atoms with van der Waals surface area (Å²) in [6, 6.07) is 16.4. The number of hydrogen-bond acceptors (Lipinski definition) is 3. The fourth-order valence-corrected chi connectivity index (χ4v) is 7.22. The molecule has 2 aliphatic rings. The first kappa shape index (κ1) is 19.8. The maximum atomic E-state index is 13.8. The minimum atomic E-state index is -0.116. The van der Waals surface area contributed by atoms with Gasteiger partial charge >= 0.3 is 6.03 Å². The first-order chi connectivity index (χ1) is 15.7. The van der Waals surface area contributed by atoms with E-state index in [1.165, 1.54) is 44.3 Å². The van der Waals surface area contributed by atoms with E-state index in [-0.39, 0.29) is 12.1 Å². The molecule has 0 bridgehead atoms. The Bertz CT molecular complexity index is 1270. The van der Waals surface area contributed by atoms with Crippen LogP contribution in [0.15, 0.2) is 60.1 Å². The van der Waals surface area contributed by atoms with E-state index in [9.17, 15) is 4.79 Å². The molecule has 0 radical (unpaired) electrons. The molecule has 1 N–H and O–H groups in total. The van der Waals surface area contributed by atoms with Gasteiger partial charge in [0.1, 0.15) is 11.0 Å². The van der Waals surface area contributed by atoms with Gasteiger partial charge in [-0.2, -0.15) is 0 Å². The highest BCUT2D eigenvalue weighted by Crippen LogP contribution is 2.44. The summed E-state index contributed by atoms with van der Waals surface area (Å²) in [6.45, 7) is 2.69. The molecule has 0 saturated heterocycles. The average Bonchev–Trinajstić information content (AvgIpc) is 3.55. The monoisotopic (exact) mass is 459 g/mol. The van der Waals surface area contributed by atoms with Crippen LogP contribution in [0, 0.1) is 6.92 Å². The zero-order valence-electron chi connectivity index (χ0n) is 18.0. The molecule has 6 heteroatoms. The predicted octanol–water partition coefficient (Wildman–Crippen LogP) is 6.92. The lowest BCUT2D eigenvalue weighted by molar-refractivity contribution is 0.195. The molecule has 162 valence electrons. The SMILES string of the molecule is Cc1ccc(NC(=O)N2Cc3c(sc4c3CCCC4)-n3cccc3C2c2cccs2)cc1. The molecule has 32 heavy (non-hydrogen) atoms. The summed E-state index contributed by atoms with van der Waals surface area (Å²) in [5.41, 5.74) is 5.99. The van der Waals surface area contributed by atoms with Crippen molar-refractivity contribution >= 4 is 34.4 Å². The standard InChI is InChI=1S/C26H25N3OS2/c1-17-10-12-18(13-11-17)27-26(30)29-16-20-19-6-2-3-8-22(19)32-25(20)28-14-4-7-21(28)24(29)23-9-5-15-31-23/h4-5,7,9-15,24H,2-3,6,8,16H2,1H3,(H,27,30). The van der Waals surface area contributed by atoms with Gasteiger partial charge in [-0.25, -0.2) is 4.79 Å². The molecule has 1 aromatic carbocycles. The van der Waals surface area contributed by atoms with Crippen molar-refractivity contribution in [1.29, 1.82) is 0 Å². The van der Waals surface area contributed by atoms with Crippen LogP contribution in [0.3, 0.4) is 0 Å². The summed E-state index contributed by atoms with van der Waals surface area (Å²) in [5, 5.41) is 6.56. The Labute approximate surface area is 196 Å². The van der Waals surface area contributed by atoms with Crippen LogP contribution in [-0.4, -0.2) is 15.5 Å². The summed E-state index contributed by atoms with van der Waals surface area (Å²) in [4.78, 5) is 18.5. The van der Waals surface area contributed by atoms with Crippen molar-refractivity contribution in [3.63, 3.8) is 0 Å². The lowest BCUT2D eigenvalue weighted by atomic mass is 9.95. The zero-order chi connectivity index (χ0) is 21.7. The Morgan fingerprint density at radius 3 is 2.69 bits per heavy atom. The van der Waals surface area contributed by atoms with Crippen molar-refractivity contribution in [2.24, 2.45) is 0 Å². The number of nitrogens with one attached hydrogen (secondary N) is 1. The van der Waals surface area contributed by atoms with E-state index in [4.69, 9.17) is 0 Å². The lowest BCUT2D eigenvalue weighted by Crippen LogP contribution is -2.37. The molecule has 0 spiro atoms. The van der Waals surface area contributed by atoms with Crippen LogP contribution in [0.4, 0.5) is 10.5 Å². The number of anilines is 1. The van der Waals surface area contributed by atoms with Crippen LogP contribution in [0.5, 0.6) is 0 Å². The molecule has 4 heterocycles. The quantitative estimate of drug-likeness (QED) is 0.347. The number of amides is 2. The summed E-state index contributed by atoms with van der Waals surface area (Å²) >= 11 is 3.64. The molecular formula is C26H25N3OS2. The number of hydrogen-bond donors (Lipinski definition) is 1. The first-order valence-corrected chi connectivity index (χ1v) is 12.9. The molecule has 6 rings (SSSR count). The number of carbonyl (C=O) groups is 1. The third kappa shape index (κ3) is 3.29. The van der Waals surface area contributed by atoms with Gasteiger partial charge in [0.2, 0.25) is 0 Å². The summed E-state index contributed by atoms with van der Waals surface area (Å²) in [6.07, 6.45) is 6.94. The number of aryl methyl sites for hydroxylation is 2. The normalized spacial score (nSPS) is 17.3. The van der Waals surface area contributed by atoms with E-state index in [2.05, 4.69) is 52.7 Å². The maximum absolute atomic E-state index is 13.8. The zero-order valence-corrected chi connectivity index (χ0v) is 19.6. The van der Waals surface area contributed by atoms with Gasteiger partial charge in [0.15, 0.2) is 0 Å². The average molecular weight is 460 g/mol. The van der Waals surface area contributed by atoms with E-state index < -0.39 is 0 Å². The van der Waals surface area contributed by atoms with Gasteiger partial charge in [-0.05, 0) is 73.9 Å². The second-order valence-corrected chi connectivity index (χ2v) is 10.7. The number of fused-ring (bicyclic) bond motifs is 5. The topological polar surface area (TPSA) is 37.3 Å². The highest BCUT2D eigenvalue weighted by molar-refractivity contribution is 7.15. The van der Waals surface area contributed by atoms with Gasteiger partial charge in [-0.3, -0.25) is 0 Å². The smallest absolute Gasteiger partial charge is 0.310 e. The predicted molar refractivity (Wildman–Crippen MR) is 132 cm³/mol. The van der Waals surface area contributed by atoms with E-state index >= 15 is 0 Å². The molecule has 1 aliphatic carbocycles. The first-order valence-electron chi connectivity index (χ1n) is 11.2. The number of nitrogens with zero attached hydrogens (tertiary/aromatic N) is 2. The van der Waals surface area contributed by atoms with Gasteiger partial charge in [-0.15, -0.1) is 22.7 Å². The minimum Gasteiger partial charge on any atom is -0.310 e. The third-order valence-corrected chi connectivity index (χ3v) is 8.81. The molecule has 2 amide bonds. The van der Waals surface area contributed by atoms with Gasteiger partial charge in [0.25, 0.3) is 0 Å². The van der Waals surface area contributed by atoms with Crippen LogP contribution in [0.2, 0.25) is 0 Å².